The molecule has 0 aliphatic heterocycles. The quantitative estimate of drug-likeness (QED) is 0.668. The third-order valence-corrected chi connectivity index (χ3v) is 2.26. The van der Waals surface area contributed by atoms with Crippen molar-refractivity contribution >= 4 is 11.6 Å². The number of hydrogen-bond acceptors (Lipinski definition) is 1. The third-order valence-electron chi connectivity index (χ3n) is 2.01. The number of benzene rings is 1. The average Bonchev–Trinajstić information content (AvgIpc) is 2.53. The van der Waals surface area contributed by atoms with Crippen LogP contribution in [-0.4, -0.2) is 0 Å². The van der Waals surface area contributed by atoms with Gasteiger partial charge in [0, 0.05) is 10.6 Å². The maximum Gasteiger partial charge on any atom is 0.0983 e. The molecule has 0 radical (unpaired) electrons. The van der Waals surface area contributed by atoms with Gasteiger partial charge in [-0.2, -0.15) is 0 Å². The minimum absolute atomic E-state index is 0.755. The minimum atomic E-state index is 0.755. The Morgan fingerprint density at radius 2 is 1.77 bits per heavy atom. The summed E-state index contributed by atoms with van der Waals surface area (Å²) in [6.45, 7) is 2.02. The Morgan fingerprint density at radius 3 is 2.31 bits per heavy atom. The first-order chi connectivity index (χ1) is 6.27. The Morgan fingerprint density at radius 1 is 1.08 bits per heavy atom. The maximum absolute atomic E-state index is 5.79. The first-order valence-electron chi connectivity index (χ1n) is 4.06. The van der Waals surface area contributed by atoms with Gasteiger partial charge in [-0.3, -0.25) is 0 Å². The zero-order valence-electron chi connectivity index (χ0n) is 7.25. The summed E-state index contributed by atoms with van der Waals surface area (Å²) in [6, 6.07) is 7.73. The van der Waals surface area contributed by atoms with Crippen LogP contribution in [0.15, 0.2) is 41.2 Å². The fourth-order valence-corrected chi connectivity index (χ4v) is 1.41. The van der Waals surface area contributed by atoms with E-state index in [2.05, 4.69) is 0 Å². The lowest BCUT2D eigenvalue weighted by Gasteiger charge is -1.98. The summed E-state index contributed by atoms with van der Waals surface area (Å²) in [5.74, 6) is 0. The highest BCUT2D eigenvalue weighted by molar-refractivity contribution is 6.30. The summed E-state index contributed by atoms with van der Waals surface area (Å²) in [4.78, 5) is 0. The second kappa shape index (κ2) is 3.27. The Hall–Kier alpha value is -1.21. The molecule has 1 aromatic heterocycles. The summed E-state index contributed by atoms with van der Waals surface area (Å²) < 4.78 is 5.10. The number of rotatable bonds is 1. The Bertz CT molecular complexity index is 400. The number of halogens is 1. The van der Waals surface area contributed by atoms with Gasteiger partial charge in [0.15, 0.2) is 0 Å². The van der Waals surface area contributed by atoms with Crippen LogP contribution in [0.2, 0.25) is 5.02 Å². The van der Waals surface area contributed by atoms with Gasteiger partial charge in [0.05, 0.1) is 12.5 Å². The molecule has 0 amide bonds. The van der Waals surface area contributed by atoms with E-state index in [9.17, 15) is 0 Å². The topological polar surface area (TPSA) is 13.1 Å². The summed E-state index contributed by atoms with van der Waals surface area (Å²) in [6.07, 6.45) is 3.49. The first-order valence-corrected chi connectivity index (χ1v) is 4.44. The van der Waals surface area contributed by atoms with Crippen molar-refractivity contribution in [3.05, 3.63) is 47.4 Å². The number of hydrogen-bond donors (Lipinski definition) is 0. The van der Waals surface area contributed by atoms with E-state index in [-0.39, 0.29) is 0 Å². The molecule has 0 fully saturated rings. The van der Waals surface area contributed by atoms with Crippen molar-refractivity contribution in [3.63, 3.8) is 0 Å². The van der Waals surface area contributed by atoms with E-state index in [1.54, 1.807) is 12.5 Å². The molecule has 66 valence electrons. The monoisotopic (exact) mass is 192 g/mol. The van der Waals surface area contributed by atoms with Gasteiger partial charge >= 0.3 is 0 Å². The fourth-order valence-electron chi connectivity index (χ4n) is 1.29. The van der Waals surface area contributed by atoms with Crippen molar-refractivity contribution in [2.24, 2.45) is 0 Å². The highest BCUT2D eigenvalue weighted by atomic mass is 35.5. The molecule has 0 aliphatic carbocycles. The lowest BCUT2D eigenvalue weighted by atomic mass is 10.1. The predicted octanol–water partition coefficient (Wildman–Crippen LogP) is 3.91. The van der Waals surface area contributed by atoms with Gasteiger partial charge in [0.1, 0.15) is 0 Å². The molecule has 2 aromatic rings. The predicted molar refractivity (Wildman–Crippen MR) is 53.9 cm³/mol. The highest BCUT2D eigenvalue weighted by Crippen LogP contribution is 2.25. The van der Waals surface area contributed by atoms with Gasteiger partial charge in [-0.1, -0.05) is 23.7 Å². The van der Waals surface area contributed by atoms with E-state index in [1.165, 1.54) is 0 Å². The van der Waals surface area contributed by atoms with Crippen LogP contribution < -0.4 is 0 Å². The summed E-state index contributed by atoms with van der Waals surface area (Å²) in [7, 11) is 0. The van der Waals surface area contributed by atoms with Crippen LogP contribution in [0.1, 0.15) is 5.56 Å². The van der Waals surface area contributed by atoms with Crippen LogP contribution in [0, 0.1) is 6.92 Å². The van der Waals surface area contributed by atoms with Crippen LogP contribution >= 0.6 is 11.6 Å². The smallest absolute Gasteiger partial charge is 0.0983 e. The van der Waals surface area contributed by atoms with Crippen LogP contribution in [0.5, 0.6) is 0 Å². The van der Waals surface area contributed by atoms with Gasteiger partial charge in [-0.05, 0) is 30.2 Å². The first kappa shape index (κ1) is 8.39. The molecule has 1 heterocycles. The third kappa shape index (κ3) is 1.61. The van der Waals surface area contributed by atoms with Crippen LogP contribution in [-0.2, 0) is 0 Å². The van der Waals surface area contributed by atoms with Gasteiger partial charge in [-0.25, -0.2) is 0 Å². The Kier molecular flexibility index (Phi) is 2.11. The van der Waals surface area contributed by atoms with Crippen molar-refractivity contribution in [2.75, 3.05) is 0 Å². The average molecular weight is 193 g/mol. The molecule has 0 saturated carbocycles. The van der Waals surface area contributed by atoms with E-state index >= 15 is 0 Å². The van der Waals surface area contributed by atoms with Crippen LogP contribution in [0.4, 0.5) is 0 Å². The minimum Gasteiger partial charge on any atom is -0.472 e. The molecule has 1 nitrogen and oxygen atoms in total. The molecule has 0 N–H and O–H groups in total. The van der Waals surface area contributed by atoms with Crippen molar-refractivity contribution in [3.8, 4) is 11.1 Å². The normalized spacial score (nSPS) is 10.3. The van der Waals surface area contributed by atoms with Crippen molar-refractivity contribution in [1.82, 2.24) is 0 Å². The van der Waals surface area contributed by atoms with Gasteiger partial charge < -0.3 is 4.42 Å². The summed E-state index contributed by atoms with van der Waals surface area (Å²) in [5.41, 5.74) is 3.40. The van der Waals surface area contributed by atoms with E-state index < -0.39 is 0 Å². The maximum atomic E-state index is 5.79. The second-order valence-electron chi connectivity index (χ2n) is 2.98. The largest absolute Gasteiger partial charge is 0.472 e. The molecule has 0 atom stereocenters. The van der Waals surface area contributed by atoms with E-state index in [0.717, 1.165) is 21.7 Å². The molecule has 13 heavy (non-hydrogen) atoms. The standard InChI is InChI=1S/C11H9ClO/c1-8-6-13-7-11(8)9-2-4-10(12)5-3-9/h2-7H,1H3. The van der Waals surface area contributed by atoms with E-state index in [4.69, 9.17) is 16.0 Å². The van der Waals surface area contributed by atoms with Gasteiger partial charge in [0.25, 0.3) is 0 Å². The molecule has 1 aromatic carbocycles. The SMILES string of the molecule is Cc1cocc1-c1ccc(Cl)cc1. The van der Waals surface area contributed by atoms with Crippen LogP contribution in [0.3, 0.4) is 0 Å². The molecule has 0 aliphatic rings. The van der Waals surface area contributed by atoms with Crippen molar-refractivity contribution in [2.45, 2.75) is 6.92 Å². The Balaban J connectivity index is 2.47. The molecule has 2 rings (SSSR count). The summed E-state index contributed by atoms with van der Waals surface area (Å²) >= 11 is 5.79. The van der Waals surface area contributed by atoms with Crippen molar-refractivity contribution in [1.29, 1.82) is 0 Å². The van der Waals surface area contributed by atoms with Gasteiger partial charge in [0.2, 0.25) is 0 Å². The molecule has 0 spiro atoms. The zero-order chi connectivity index (χ0) is 9.26. The zero-order valence-corrected chi connectivity index (χ0v) is 8.01. The lowest BCUT2D eigenvalue weighted by Crippen LogP contribution is -1.75. The molecule has 0 unspecified atom stereocenters. The van der Waals surface area contributed by atoms with Gasteiger partial charge in [-0.15, -0.1) is 0 Å². The van der Waals surface area contributed by atoms with Crippen molar-refractivity contribution < 1.29 is 4.42 Å². The molecular formula is C11H9ClO. The molecule has 0 saturated heterocycles. The molecular weight excluding hydrogens is 184 g/mol. The van der Waals surface area contributed by atoms with Crippen LogP contribution in [0.25, 0.3) is 11.1 Å². The Labute approximate surface area is 82.0 Å². The fraction of sp³-hybridized carbons (Fsp3) is 0.0909. The number of aryl methyl sites for hydroxylation is 1. The van der Waals surface area contributed by atoms with E-state index in [0.29, 0.717) is 0 Å². The van der Waals surface area contributed by atoms with E-state index in [1.807, 2.05) is 31.2 Å². The second-order valence-corrected chi connectivity index (χ2v) is 3.41. The lowest BCUT2D eigenvalue weighted by molar-refractivity contribution is 0.566. The summed E-state index contributed by atoms with van der Waals surface area (Å²) in [5, 5.41) is 0.755. The number of furan rings is 1. The molecule has 0 bridgehead atoms. The highest BCUT2D eigenvalue weighted by Gasteiger charge is 2.02. The molecule has 2 heteroatoms.